The van der Waals surface area contributed by atoms with Crippen molar-refractivity contribution in [3.05, 3.63) is 66.2 Å². The number of fused-ring (bicyclic) bond motifs is 1. The smallest absolute Gasteiger partial charge is 0.419 e. The van der Waals surface area contributed by atoms with Crippen molar-refractivity contribution in [1.82, 2.24) is 25.1 Å². The number of benzene rings is 2. The zero-order chi connectivity index (χ0) is 24.8. The van der Waals surface area contributed by atoms with Gasteiger partial charge in [-0.25, -0.2) is 0 Å². The quantitative estimate of drug-likeness (QED) is 0.361. The first-order valence-electron chi connectivity index (χ1n) is 10.4. The van der Waals surface area contributed by atoms with Gasteiger partial charge >= 0.3 is 6.18 Å². The minimum atomic E-state index is -4.58. The topological polar surface area (TPSA) is 99.9 Å². The van der Waals surface area contributed by atoms with E-state index in [0.717, 1.165) is 17.7 Å². The van der Waals surface area contributed by atoms with E-state index in [0.29, 0.717) is 17.2 Å². The molecule has 2 aromatic heterocycles. The SMILES string of the molecule is COc1ccc(-c2nnc3ccc(OCCNC(=O)COc4ccccc4C(F)(F)F)nn23)cc1. The summed E-state index contributed by atoms with van der Waals surface area (Å²) < 4.78 is 56.3. The van der Waals surface area contributed by atoms with E-state index in [1.54, 1.807) is 31.4 Å². The van der Waals surface area contributed by atoms with Gasteiger partial charge in [0.1, 0.15) is 18.1 Å². The number of alkyl halides is 3. The van der Waals surface area contributed by atoms with Crippen LogP contribution in [0.3, 0.4) is 0 Å². The zero-order valence-electron chi connectivity index (χ0n) is 18.5. The molecule has 4 aromatic rings. The lowest BCUT2D eigenvalue weighted by atomic mass is 10.2. The fourth-order valence-corrected chi connectivity index (χ4v) is 3.14. The van der Waals surface area contributed by atoms with Crippen LogP contribution in [-0.4, -0.2) is 52.6 Å². The molecule has 0 spiro atoms. The van der Waals surface area contributed by atoms with Crippen LogP contribution in [0, 0.1) is 0 Å². The number of halogens is 3. The van der Waals surface area contributed by atoms with Crippen molar-refractivity contribution in [1.29, 1.82) is 0 Å². The van der Waals surface area contributed by atoms with Crippen molar-refractivity contribution in [3.8, 4) is 28.8 Å². The summed E-state index contributed by atoms with van der Waals surface area (Å²) in [6.45, 7) is -0.400. The van der Waals surface area contributed by atoms with E-state index in [1.165, 1.54) is 16.6 Å². The maximum Gasteiger partial charge on any atom is 0.419 e. The standard InChI is InChI=1S/C23H20F3N5O4/c1-33-16-8-6-15(7-9-16)22-29-28-19-10-11-21(30-31(19)22)34-13-12-27-20(32)14-35-18-5-3-2-4-17(18)23(24,25)26/h2-11H,12-14H2,1H3,(H,27,32). The number of amides is 1. The molecule has 12 heteroatoms. The van der Waals surface area contributed by atoms with Crippen molar-refractivity contribution < 1.29 is 32.2 Å². The molecule has 4 rings (SSSR count). The molecule has 0 fully saturated rings. The van der Waals surface area contributed by atoms with Gasteiger partial charge in [-0.1, -0.05) is 12.1 Å². The van der Waals surface area contributed by atoms with Crippen LogP contribution in [0.1, 0.15) is 5.56 Å². The van der Waals surface area contributed by atoms with Crippen molar-refractivity contribution in [2.24, 2.45) is 0 Å². The summed E-state index contributed by atoms with van der Waals surface area (Å²) in [5.74, 6) is 0.492. The first kappa shape index (κ1) is 23.8. The summed E-state index contributed by atoms with van der Waals surface area (Å²) >= 11 is 0. The molecule has 0 aliphatic rings. The number of hydrogen-bond donors (Lipinski definition) is 1. The third-order valence-electron chi connectivity index (χ3n) is 4.81. The van der Waals surface area contributed by atoms with E-state index in [9.17, 15) is 18.0 Å². The molecule has 0 unspecified atom stereocenters. The number of nitrogens with zero attached hydrogens (tertiary/aromatic N) is 4. The van der Waals surface area contributed by atoms with Gasteiger partial charge in [-0.2, -0.15) is 17.7 Å². The van der Waals surface area contributed by atoms with E-state index in [4.69, 9.17) is 14.2 Å². The van der Waals surface area contributed by atoms with Crippen LogP contribution >= 0.6 is 0 Å². The molecular formula is C23H20F3N5O4. The number of hydrogen-bond acceptors (Lipinski definition) is 7. The lowest BCUT2D eigenvalue weighted by Gasteiger charge is -2.13. The summed E-state index contributed by atoms with van der Waals surface area (Å²) in [7, 11) is 1.58. The number of carbonyl (C=O) groups excluding carboxylic acids is 1. The van der Waals surface area contributed by atoms with Crippen LogP contribution in [-0.2, 0) is 11.0 Å². The van der Waals surface area contributed by atoms with Gasteiger partial charge in [-0.15, -0.1) is 15.3 Å². The van der Waals surface area contributed by atoms with Crippen molar-refractivity contribution in [2.75, 3.05) is 26.9 Å². The van der Waals surface area contributed by atoms with E-state index in [-0.39, 0.29) is 19.0 Å². The summed E-state index contributed by atoms with van der Waals surface area (Å²) in [6, 6.07) is 15.2. The van der Waals surface area contributed by atoms with Gasteiger partial charge in [0, 0.05) is 11.6 Å². The van der Waals surface area contributed by atoms with E-state index in [1.807, 2.05) is 12.1 Å². The molecule has 0 radical (unpaired) electrons. The van der Waals surface area contributed by atoms with Crippen LogP contribution in [0.15, 0.2) is 60.7 Å². The monoisotopic (exact) mass is 487 g/mol. The predicted octanol–water partition coefficient (Wildman–Crippen LogP) is 3.39. The van der Waals surface area contributed by atoms with Gasteiger partial charge in [0.25, 0.3) is 5.91 Å². The Hall–Kier alpha value is -4.35. The highest BCUT2D eigenvalue weighted by Crippen LogP contribution is 2.35. The largest absolute Gasteiger partial charge is 0.497 e. The number of ether oxygens (including phenoxy) is 3. The van der Waals surface area contributed by atoms with Crippen LogP contribution in [0.5, 0.6) is 17.4 Å². The molecule has 9 nitrogen and oxygen atoms in total. The van der Waals surface area contributed by atoms with Crippen LogP contribution in [0.4, 0.5) is 13.2 Å². The van der Waals surface area contributed by atoms with Crippen LogP contribution < -0.4 is 19.5 Å². The van der Waals surface area contributed by atoms with E-state index < -0.39 is 30.0 Å². The molecule has 0 bridgehead atoms. The van der Waals surface area contributed by atoms with Crippen molar-refractivity contribution in [3.63, 3.8) is 0 Å². The van der Waals surface area contributed by atoms with E-state index >= 15 is 0 Å². The Morgan fingerprint density at radius 2 is 1.77 bits per heavy atom. The average Bonchev–Trinajstić information content (AvgIpc) is 3.28. The fourth-order valence-electron chi connectivity index (χ4n) is 3.14. The van der Waals surface area contributed by atoms with Gasteiger partial charge in [0.15, 0.2) is 18.1 Å². The Balaban J connectivity index is 1.30. The Labute approximate surface area is 197 Å². The second-order valence-electron chi connectivity index (χ2n) is 7.17. The number of carbonyl (C=O) groups is 1. The van der Waals surface area contributed by atoms with Crippen molar-refractivity contribution >= 4 is 11.6 Å². The highest BCUT2D eigenvalue weighted by atomic mass is 19.4. The maximum absolute atomic E-state index is 13.0. The second kappa shape index (κ2) is 10.3. The zero-order valence-corrected chi connectivity index (χ0v) is 18.5. The third-order valence-corrected chi connectivity index (χ3v) is 4.81. The molecule has 2 heterocycles. The molecule has 0 saturated carbocycles. The highest BCUT2D eigenvalue weighted by Gasteiger charge is 2.34. The molecule has 2 aromatic carbocycles. The molecule has 0 saturated heterocycles. The number of methoxy groups -OCH3 is 1. The summed E-state index contributed by atoms with van der Waals surface area (Å²) in [4.78, 5) is 12.0. The number of para-hydroxylation sites is 1. The minimum Gasteiger partial charge on any atom is -0.497 e. The number of rotatable bonds is 9. The lowest BCUT2D eigenvalue weighted by molar-refractivity contribution is -0.139. The van der Waals surface area contributed by atoms with Gasteiger partial charge in [0.2, 0.25) is 5.88 Å². The molecule has 0 aliphatic carbocycles. The van der Waals surface area contributed by atoms with Crippen LogP contribution in [0.25, 0.3) is 17.0 Å². The first-order chi connectivity index (χ1) is 16.8. The summed E-state index contributed by atoms with van der Waals surface area (Å²) in [5, 5.41) is 15.1. The fraction of sp³-hybridized carbons (Fsp3) is 0.217. The van der Waals surface area contributed by atoms with Gasteiger partial charge in [-0.05, 0) is 42.5 Å². The third kappa shape index (κ3) is 5.78. The van der Waals surface area contributed by atoms with Gasteiger partial charge in [0.05, 0.1) is 19.2 Å². The Bertz CT molecular complexity index is 1310. The average molecular weight is 487 g/mol. The Kier molecular flexibility index (Phi) is 6.99. The highest BCUT2D eigenvalue weighted by molar-refractivity contribution is 5.77. The molecule has 182 valence electrons. The number of nitrogens with one attached hydrogen (secondary N) is 1. The minimum absolute atomic E-state index is 0.0728. The maximum atomic E-state index is 13.0. The van der Waals surface area contributed by atoms with Crippen molar-refractivity contribution in [2.45, 2.75) is 6.18 Å². The second-order valence-corrected chi connectivity index (χ2v) is 7.17. The van der Waals surface area contributed by atoms with Crippen LogP contribution in [0.2, 0.25) is 0 Å². The molecule has 0 aliphatic heterocycles. The first-order valence-corrected chi connectivity index (χ1v) is 10.4. The molecule has 35 heavy (non-hydrogen) atoms. The van der Waals surface area contributed by atoms with Gasteiger partial charge in [-0.3, -0.25) is 4.79 Å². The molecule has 0 atom stereocenters. The molecule has 1 amide bonds. The lowest BCUT2D eigenvalue weighted by Crippen LogP contribution is -2.32. The Morgan fingerprint density at radius 1 is 1.00 bits per heavy atom. The summed E-state index contributed by atoms with van der Waals surface area (Å²) in [5.41, 5.74) is 0.357. The Morgan fingerprint density at radius 3 is 2.51 bits per heavy atom. The molecule has 1 N–H and O–H groups in total. The number of aromatic nitrogens is 4. The normalized spacial score (nSPS) is 11.3. The van der Waals surface area contributed by atoms with Gasteiger partial charge < -0.3 is 19.5 Å². The summed E-state index contributed by atoms with van der Waals surface area (Å²) in [6.07, 6.45) is -4.58. The predicted molar refractivity (Wildman–Crippen MR) is 118 cm³/mol. The van der Waals surface area contributed by atoms with E-state index in [2.05, 4.69) is 20.6 Å². The molecular weight excluding hydrogens is 467 g/mol.